The molecule has 0 atom stereocenters. The molecule has 0 heterocycles. The van der Waals surface area contributed by atoms with E-state index in [1.165, 1.54) is 13.8 Å². The van der Waals surface area contributed by atoms with Crippen LogP contribution in [0.4, 0.5) is 24.5 Å². The van der Waals surface area contributed by atoms with E-state index < -0.39 is 42.5 Å². The second-order valence-corrected chi connectivity index (χ2v) is 10.6. The highest BCUT2D eigenvalue weighted by atomic mass is 35.5. The summed E-state index contributed by atoms with van der Waals surface area (Å²) in [5.74, 6) is -1.62. The van der Waals surface area contributed by atoms with Crippen molar-refractivity contribution in [1.82, 2.24) is 0 Å². The topological polar surface area (TPSA) is 113 Å². The van der Waals surface area contributed by atoms with Crippen LogP contribution in [-0.2, 0) is 20.0 Å². The third-order valence-corrected chi connectivity index (χ3v) is 6.51. The predicted octanol–water partition coefficient (Wildman–Crippen LogP) is 5.16. The summed E-state index contributed by atoms with van der Waals surface area (Å²) >= 11 is 5.93. The fraction of sp³-hybridized carbons (Fsp3) is 0.333. The maximum Gasteiger partial charge on any atom is 0.501 e. The average Bonchev–Trinajstić information content (AvgIpc) is 2.63. The number of aromatic hydroxyl groups is 1. The zero-order valence-electron chi connectivity index (χ0n) is 18.3. The number of phenols is 1. The van der Waals surface area contributed by atoms with Gasteiger partial charge in [0.05, 0.1) is 21.2 Å². The zero-order chi connectivity index (χ0) is 25.5. The van der Waals surface area contributed by atoms with Crippen molar-refractivity contribution in [3.63, 3.8) is 0 Å². The van der Waals surface area contributed by atoms with Gasteiger partial charge < -0.3 is 15.7 Å². The molecule has 0 unspecified atom stereocenters. The van der Waals surface area contributed by atoms with Crippen molar-refractivity contribution in [1.29, 1.82) is 0 Å². The summed E-state index contributed by atoms with van der Waals surface area (Å²) in [5.41, 5.74) is -5.62. The lowest BCUT2D eigenvalue weighted by Gasteiger charge is -2.25. The first-order valence-corrected chi connectivity index (χ1v) is 11.3. The number of amides is 2. The SMILES string of the molecule is CC(=O)Nc1cc(C(C)(C)C)c(O)c(C(=O)Nc2ccc(S(=O)(=O)C(F)(F)F)cc2Cl)c1C. The van der Waals surface area contributed by atoms with Crippen LogP contribution in [0.3, 0.4) is 0 Å². The molecule has 0 aliphatic heterocycles. The molecule has 0 aromatic heterocycles. The lowest BCUT2D eigenvalue weighted by atomic mass is 9.83. The quantitative estimate of drug-likeness (QED) is 0.496. The molecule has 2 rings (SSSR count). The summed E-state index contributed by atoms with van der Waals surface area (Å²) in [6.07, 6.45) is 0. The molecular weight excluding hydrogens is 485 g/mol. The van der Waals surface area contributed by atoms with Gasteiger partial charge in [-0.15, -0.1) is 0 Å². The van der Waals surface area contributed by atoms with Gasteiger partial charge in [-0.25, -0.2) is 8.42 Å². The van der Waals surface area contributed by atoms with Crippen LogP contribution in [-0.4, -0.2) is 30.8 Å². The van der Waals surface area contributed by atoms with Crippen LogP contribution in [0.25, 0.3) is 0 Å². The summed E-state index contributed by atoms with van der Waals surface area (Å²) in [7, 11) is -5.63. The monoisotopic (exact) mass is 506 g/mol. The zero-order valence-corrected chi connectivity index (χ0v) is 19.9. The molecule has 0 spiro atoms. The molecule has 0 bridgehead atoms. The van der Waals surface area contributed by atoms with E-state index in [0.717, 1.165) is 6.07 Å². The minimum absolute atomic E-state index is 0.177. The van der Waals surface area contributed by atoms with Gasteiger partial charge in [-0.2, -0.15) is 13.2 Å². The van der Waals surface area contributed by atoms with Gasteiger partial charge in [0, 0.05) is 18.2 Å². The Morgan fingerprint density at radius 1 is 1.03 bits per heavy atom. The molecular formula is C21H22ClF3N2O5S. The number of alkyl halides is 3. The lowest BCUT2D eigenvalue weighted by Crippen LogP contribution is -2.23. The van der Waals surface area contributed by atoms with E-state index >= 15 is 0 Å². The number of rotatable bonds is 4. The first kappa shape index (κ1) is 26.5. The van der Waals surface area contributed by atoms with E-state index in [4.69, 9.17) is 11.6 Å². The van der Waals surface area contributed by atoms with Crippen molar-refractivity contribution in [2.45, 2.75) is 50.4 Å². The molecule has 2 aromatic carbocycles. The molecule has 12 heteroatoms. The van der Waals surface area contributed by atoms with Gasteiger partial charge in [0.2, 0.25) is 5.91 Å². The highest BCUT2D eigenvalue weighted by Gasteiger charge is 2.47. The Morgan fingerprint density at radius 2 is 1.61 bits per heavy atom. The molecule has 0 radical (unpaired) electrons. The van der Waals surface area contributed by atoms with Gasteiger partial charge in [0.15, 0.2) is 0 Å². The largest absolute Gasteiger partial charge is 0.507 e. The maximum atomic E-state index is 13.0. The summed E-state index contributed by atoms with van der Waals surface area (Å²) in [4.78, 5) is 23.5. The Morgan fingerprint density at radius 3 is 2.06 bits per heavy atom. The van der Waals surface area contributed by atoms with Gasteiger partial charge in [-0.3, -0.25) is 9.59 Å². The molecule has 0 saturated carbocycles. The van der Waals surface area contributed by atoms with E-state index in [2.05, 4.69) is 10.6 Å². The van der Waals surface area contributed by atoms with Crippen LogP contribution in [0, 0.1) is 6.92 Å². The van der Waals surface area contributed by atoms with Crippen LogP contribution in [0.15, 0.2) is 29.2 Å². The maximum absolute atomic E-state index is 13.0. The number of carbonyl (C=O) groups excluding carboxylic acids is 2. The van der Waals surface area contributed by atoms with E-state index in [-0.39, 0.29) is 28.3 Å². The number of carbonyl (C=O) groups is 2. The highest BCUT2D eigenvalue weighted by Crippen LogP contribution is 2.40. The number of hydrogen-bond acceptors (Lipinski definition) is 5. The molecule has 180 valence electrons. The number of anilines is 2. The number of benzene rings is 2. The Bertz CT molecular complexity index is 1240. The Balaban J connectivity index is 2.56. The first-order valence-electron chi connectivity index (χ1n) is 9.44. The number of hydrogen-bond donors (Lipinski definition) is 3. The molecule has 0 saturated heterocycles. The second kappa shape index (κ2) is 8.86. The second-order valence-electron chi connectivity index (χ2n) is 8.30. The fourth-order valence-corrected chi connectivity index (χ4v) is 4.10. The van der Waals surface area contributed by atoms with Crippen LogP contribution >= 0.6 is 11.6 Å². The third-order valence-electron chi connectivity index (χ3n) is 4.71. The number of halogens is 4. The highest BCUT2D eigenvalue weighted by molar-refractivity contribution is 7.92. The van der Waals surface area contributed by atoms with Crippen molar-refractivity contribution in [3.05, 3.63) is 46.0 Å². The number of sulfone groups is 1. The molecule has 7 nitrogen and oxygen atoms in total. The molecule has 33 heavy (non-hydrogen) atoms. The normalized spacial score (nSPS) is 12.4. The van der Waals surface area contributed by atoms with Crippen molar-refractivity contribution in [2.75, 3.05) is 10.6 Å². The summed E-state index contributed by atoms with van der Waals surface area (Å²) in [6.45, 7) is 8.12. The van der Waals surface area contributed by atoms with Crippen molar-refractivity contribution in [2.24, 2.45) is 0 Å². The van der Waals surface area contributed by atoms with E-state index in [0.29, 0.717) is 17.7 Å². The van der Waals surface area contributed by atoms with Crippen LogP contribution in [0.1, 0.15) is 49.2 Å². The van der Waals surface area contributed by atoms with Crippen LogP contribution in [0.2, 0.25) is 5.02 Å². The van der Waals surface area contributed by atoms with Crippen LogP contribution in [0.5, 0.6) is 5.75 Å². The molecule has 2 aromatic rings. The summed E-state index contributed by atoms with van der Waals surface area (Å²) < 4.78 is 61.5. The molecule has 0 aliphatic rings. The van der Waals surface area contributed by atoms with Crippen molar-refractivity contribution >= 4 is 44.6 Å². The fourth-order valence-electron chi connectivity index (χ4n) is 3.02. The van der Waals surface area contributed by atoms with Gasteiger partial charge in [0.25, 0.3) is 15.7 Å². The molecule has 0 aliphatic carbocycles. The van der Waals surface area contributed by atoms with E-state index in [1.807, 2.05) is 0 Å². The van der Waals surface area contributed by atoms with Gasteiger partial charge in [-0.1, -0.05) is 32.4 Å². The lowest BCUT2D eigenvalue weighted by molar-refractivity contribution is -0.114. The summed E-state index contributed by atoms with van der Waals surface area (Å²) in [6, 6.07) is 3.69. The van der Waals surface area contributed by atoms with Crippen molar-refractivity contribution < 1.29 is 36.3 Å². The van der Waals surface area contributed by atoms with Gasteiger partial charge in [0.1, 0.15) is 5.75 Å². The smallest absolute Gasteiger partial charge is 0.501 e. The van der Waals surface area contributed by atoms with Crippen LogP contribution < -0.4 is 10.6 Å². The Kier molecular flexibility index (Phi) is 7.11. The molecule has 3 N–H and O–H groups in total. The predicted molar refractivity (Wildman–Crippen MR) is 118 cm³/mol. The number of phenolic OH excluding ortho intramolecular Hbond substituents is 1. The minimum Gasteiger partial charge on any atom is -0.507 e. The standard InChI is InChI=1S/C21H22ClF3N2O5S/c1-10-16(26-11(2)28)9-13(20(3,4)5)18(29)17(10)19(30)27-15-7-6-12(8-14(15)22)33(31,32)21(23,24)25/h6-9,29H,1-5H3,(H,26,28)(H,27,30). The number of nitrogens with one attached hydrogen (secondary N) is 2. The Hall–Kier alpha value is -2.79. The van der Waals surface area contributed by atoms with Gasteiger partial charge in [-0.05, 0) is 42.2 Å². The van der Waals surface area contributed by atoms with E-state index in [1.54, 1.807) is 26.8 Å². The minimum atomic E-state index is -5.63. The molecule has 2 amide bonds. The van der Waals surface area contributed by atoms with Gasteiger partial charge >= 0.3 is 5.51 Å². The Labute approximate surface area is 193 Å². The average molecular weight is 507 g/mol. The molecule has 0 fully saturated rings. The van der Waals surface area contributed by atoms with Crippen molar-refractivity contribution in [3.8, 4) is 5.75 Å². The van der Waals surface area contributed by atoms with E-state index in [9.17, 15) is 36.3 Å². The first-order chi connectivity index (χ1) is 14.9. The summed E-state index contributed by atoms with van der Waals surface area (Å²) in [5, 5.41) is 15.3. The third kappa shape index (κ3) is 5.41.